The molecule has 1 unspecified atom stereocenters. The van der Waals surface area contributed by atoms with Gasteiger partial charge in [-0.05, 0) is 37.5 Å². The number of ether oxygens (including phenoxy) is 1. The van der Waals surface area contributed by atoms with Gasteiger partial charge >= 0.3 is 0 Å². The van der Waals surface area contributed by atoms with E-state index in [-0.39, 0.29) is 17.7 Å². The van der Waals surface area contributed by atoms with Crippen LogP contribution in [0.4, 0.5) is 5.69 Å². The zero-order chi connectivity index (χ0) is 18.8. The highest BCUT2D eigenvalue weighted by atomic mass is 79.9. The number of rotatable bonds is 3. The van der Waals surface area contributed by atoms with Gasteiger partial charge in [-0.3, -0.25) is 9.59 Å². The number of methoxy groups -OCH3 is 1. The summed E-state index contributed by atoms with van der Waals surface area (Å²) in [4.78, 5) is 27.1. The maximum absolute atomic E-state index is 12.8. The number of carbonyl (C=O) groups excluding carboxylic acids is 2. The van der Waals surface area contributed by atoms with E-state index in [1.165, 1.54) is 0 Å². The first-order chi connectivity index (χ1) is 11.6. The van der Waals surface area contributed by atoms with E-state index in [1.54, 1.807) is 7.11 Å². The quantitative estimate of drug-likeness (QED) is 0.819. The average molecular weight is 411 g/mol. The number of hydrogen-bond acceptors (Lipinski definition) is 3. The fraction of sp³-hybridized carbons (Fsp3) is 0.579. The number of anilines is 1. The summed E-state index contributed by atoms with van der Waals surface area (Å²) in [6.07, 6.45) is 1.63. The fourth-order valence-corrected chi connectivity index (χ4v) is 3.66. The summed E-state index contributed by atoms with van der Waals surface area (Å²) in [5.41, 5.74) is 1.19. The highest BCUT2D eigenvalue weighted by Crippen LogP contribution is 2.33. The third-order valence-electron chi connectivity index (χ3n) is 4.45. The summed E-state index contributed by atoms with van der Waals surface area (Å²) in [5.74, 6) is 0.462. The van der Waals surface area contributed by atoms with Crippen molar-refractivity contribution in [2.75, 3.05) is 25.5 Å². The van der Waals surface area contributed by atoms with Gasteiger partial charge in [-0.25, -0.2) is 0 Å². The van der Waals surface area contributed by atoms with Gasteiger partial charge < -0.3 is 15.0 Å². The molecule has 1 N–H and O–H groups in total. The maximum Gasteiger partial charge on any atom is 0.229 e. The molecule has 6 heteroatoms. The number of hydrogen-bond donors (Lipinski definition) is 1. The van der Waals surface area contributed by atoms with Gasteiger partial charge in [0.2, 0.25) is 11.8 Å². The first-order valence-electron chi connectivity index (χ1n) is 8.58. The zero-order valence-corrected chi connectivity index (χ0v) is 17.2. The number of nitrogens with zero attached hydrogens (tertiary/aromatic N) is 1. The normalized spacial score (nSPS) is 18.0. The number of piperidine rings is 1. The van der Waals surface area contributed by atoms with Crippen LogP contribution in [0.2, 0.25) is 0 Å². The van der Waals surface area contributed by atoms with Gasteiger partial charge in [0.1, 0.15) is 5.75 Å². The maximum atomic E-state index is 12.8. The van der Waals surface area contributed by atoms with Crippen LogP contribution in [0.15, 0.2) is 16.6 Å². The molecule has 0 saturated carbocycles. The minimum absolute atomic E-state index is 0.0601. The van der Waals surface area contributed by atoms with Crippen LogP contribution < -0.4 is 10.1 Å². The standard InChI is InChI=1S/C19H27BrN2O3/c1-12-9-14(20)10-15(25-5)16(12)21-17(23)13-7-6-8-22(11-13)18(24)19(2,3)4/h9-10,13H,6-8,11H2,1-5H3,(H,21,23). The van der Waals surface area contributed by atoms with E-state index >= 15 is 0 Å². The number of amides is 2. The molecule has 1 atom stereocenters. The number of likely N-dealkylation sites (tertiary alicyclic amines) is 1. The second-order valence-electron chi connectivity index (χ2n) is 7.63. The molecular formula is C19H27BrN2O3. The number of benzene rings is 1. The van der Waals surface area contributed by atoms with E-state index in [0.717, 1.165) is 29.4 Å². The van der Waals surface area contributed by atoms with Crippen molar-refractivity contribution in [3.8, 4) is 5.75 Å². The van der Waals surface area contributed by atoms with Gasteiger partial charge in [0.25, 0.3) is 0 Å². The van der Waals surface area contributed by atoms with Gasteiger partial charge in [-0.1, -0.05) is 36.7 Å². The van der Waals surface area contributed by atoms with Gasteiger partial charge in [-0.2, -0.15) is 0 Å². The SMILES string of the molecule is COc1cc(Br)cc(C)c1NC(=O)C1CCCN(C(=O)C(C)(C)C)C1. The third kappa shape index (κ3) is 4.75. The van der Waals surface area contributed by atoms with Gasteiger partial charge in [0, 0.05) is 23.0 Å². The van der Waals surface area contributed by atoms with E-state index in [0.29, 0.717) is 18.0 Å². The number of aryl methyl sites for hydroxylation is 1. The van der Waals surface area contributed by atoms with Crippen LogP contribution in [0.25, 0.3) is 0 Å². The lowest BCUT2D eigenvalue weighted by molar-refractivity contribution is -0.142. The molecule has 0 bridgehead atoms. The molecule has 1 heterocycles. The average Bonchev–Trinajstić information content (AvgIpc) is 2.55. The van der Waals surface area contributed by atoms with E-state index in [1.807, 2.05) is 44.7 Å². The number of carbonyl (C=O) groups is 2. The predicted molar refractivity (Wildman–Crippen MR) is 103 cm³/mol. The lowest BCUT2D eigenvalue weighted by atomic mass is 9.91. The van der Waals surface area contributed by atoms with Gasteiger partial charge in [-0.15, -0.1) is 0 Å². The van der Waals surface area contributed by atoms with Crippen LogP contribution in [0.3, 0.4) is 0 Å². The minimum Gasteiger partial charge on any atom is -0.495 e. The molecule has 0 aromatic heterocycles. The third-order valence-corrected chi connectivity index (χ3v) is 4.91. The predicted octanol–water partition coefficient (Wildman–Crippen LogP) is 3.99. The van der Waals surface area contributed by atoms with Crippen LogP contribution in [-0.2, 0) is 9.59 Å². The summed E-state index contributed by atoms with van der Waals surface area (Å²) in [6.45, 7) is 8.86. The molecule has 1 aliphatic rings. The lowest BCUT2D eigenvalue weighted by Crippen LogP contribution is -2.47. The monoisotopic (exact) mass is 410 g/mol. The molecule has 1 fully saturated rings. The zero-order valence-electron chi connectivity index (χ0n) is 15.6. The Kier molecular flexibility index (Phi) is 6.14. The smallest absolute Gasteiger partial charge is 0.229 e. The molecule has 2 rings (SSSR count). The van der Waals surface area contributed by atoms with Crippen LogP contribution in [0.1, 0.15) is 39.2 Å². The second-order valence-corrected chi connectivity index (χ2v) is 8.55. The summed E-state index contributed by atoms with van der Waals surface area (Å²) >= 11 is 3.44. The molecule has 2 amide bonds. The highest BCUT2D eigenvalue weighted by molar-refractivity contribution is 9.10. The lowest BCUT2D eigenvalue weighted by Gasteiger charge is -2.36. The minimum atomic E-state index is -0.427. The molecule has 0 spiro atoms. The summed E-state index contributed by atoms with van der Waals surface area (Å²) < 4.78 is 6.29. The largest absolute Gasteiger partial charge is 0.495 e. The second kappa shape index (κ2) is 7.77. The Bertz CT molecular complexity index is 667. The molecule has 5 nitrogen and oxygen atoms in total. The summed E-state index contributed by atoms with van der Waals surface area (Å²) in [7, 11) is 1.58. The molecule has 1 aromatic carbocycles. The Labute approximate surface area is 158 Å². The summed E-state index contributed by atoms with van der Waals surface area (Å²) in [5, 5.41) is 3.00. The number of halogens is 1. The molecule has 0 radical (unpaired) electrons. The molecular weight excluding hydrogens is 384 g/mol. The van der Waals surface area contributed by atoms with Crippen molar-refractivity contribution in [3.63, 3.8) is 0 Å². The first kappa shape index (κ1) is 19.8. The Hall–Kier alpha value is -1.56. The van der Waals surface area contributed by atoms with Crippen LogP contribution in [0.5, 0.6) is 5.75 Å². The van der Waals surface area contributed by atoms with E-state index in [4.69, 9.17) is 4.74 Å². The Morgan fingerprint density at radius 1 is 1.32 bits per heavy atom. The molecule has 1 aliphatic heterocycles. The molecule has 138 valence electrons. The topological polar surface area (TPSA) is 58.6 Å². The highest BCUT2D eigenvalue weighted by Gasteiger charge is 2.33. The molecule has 25 heavy (non-hydrogen) atoms. The van der Waals surface area contributed by atoms with Crippen molar-refractivity contribution in [3.05, 3.63) is 22.2 Å². The van der Waals surface area contributed by atoms with Gasteiger partial charge in [0.05, 0.1) is 18.7 Å². The first-order valence-corrected chi connectivity index (χ1v) is 9.37. The van der Waals surface area contributed by atoms with E-state index < -0.39 is 5.41 Å². The Balaban J connectivity index is 2.12. The Morgan fingerprint density at radius 2 is 2.00 bits per heavy atom. The van der Waals surface area contributed by atoms with Crippen molar-refractivity contribution in [2.45, 2.75) is 40.5 Å². The molecule has 1 saturated heterocycles. The fourth-order valence-electron chi connectivity index (χ4n) is 3.11. The molecule has 0 aliphatic carbocycles. The summed E-state index contributed by atoms with van der Waals surface area (Å²) in [6, 6.07) is 3.77. The van der Waals surface area contributed by atoms with Crippen molar-refractivity contribution in [1.29, 1.82) is 0 Å². The van der Waals surface area contributed by atoms with Crippen LogP contribution >= 0.6 is 15.9 Å². The molecule has 1 aromatic rings. The number of nitrogens with one attached hydrogen (secondary N) is 1. The van der Waals surface area contributed by atoms with Crippen molar-refractivity contribution in [1.82, 2.24) is 4.90 Å². The van der Waals surface area contributed by atoms with Crippen molar-refractivity contribution < 1.29 is 14.3 Å². The van der Waals surface area contributed by atoms with Crippen molar-refractivity contribution in [2.24, 2.45) is 11.3 Å². The van der Waals surface area contributed by atoms with E-state index in [2.05, 4.69) is 21.2 Å². The Morgan fingerprint density at radius 3 is 2.60 bits per heavy atom. The van der Waals surface area contributed by atoms with Gasteiger partial charge in [0.15, 0.2) is 0 Å². The van der Waals surface area contributed by atoms with Crippen LogP contribution in [0, 0.1) is 18.3 Å². The van der Waals surface area contributed by atoms with Crippen molar-refractivity contribution >= 4 is 33.4 Å². The van der Waals surface area contributed by atoms with E-state index in [9.17, 15) is 9.59 Å². The van der Waals surface area contributed by atoms with Crippen LogP contribution in [-0.4, -0.2) is 36.9 Å².